The number of anilines is 1. The van der Waals surface area contributed by atoms with E-state index < -0.39 is 0 Å². The summed E-state index contributed by atoms with van der Waals surface area (Å²) in [7, 11) is 1.68. The Morgan fingerprint density at radius 3 is 2.74 bits per heavy atom. The second-order valence-corrected chi connectivity index (χ2v) is 5.36. The van der Waals surface area contributed by atoms with Crippen LogP contribution < -0.4 is 10.1 Å². The van der Waals surface area contributed by atoms with Gasteiger partial charge in [-0.3, -0.25) is 9.48 Å². The highest BCUT2D eigenvalue weighted by Gasteiger charge is 2.11. The van der Waals surface area contributed by atoms with E-state index in [-0.39, 0.29) is 5.91 Å². The minimum absolute atomic E-state index is 0.157. The Labute approximate surface area is 135 Å². The van der Waals surface area contributed by atoms with Crippen molar-refractivity contribution in [1.82, 2.24) is 9.78 Å². The molecule has 0 atom stereocenters. The molecule has 0 spiro atoms. The zero-order valence-corrected chi connectivity index (χ0v) is 13.6. The van der Waals surface area contributed by atoms with Gasteiger partial charge in [-0.05, 0) is 31.4 Å². The highest BCUT2D eigenvalue weighted by Crippen LogP contribution is 2.22. The first kappa shape index (κ1) is 16.6. The second-order valence-electron chi connectivity index (χ2n) is 5.36. The summed E-state index contributed by atoms with van der Waals surface area (Å²) >= 11 is 0. The summed E-state index contributed by atoms with van der Waals surface area (Å²) in [4.78, 5) is 12.0. The lowest BCUT2D eigenvalue weighted by Crippen LogP contribution is -2.16. The van der Waals surface area contributed by atoms with Crippen LogP contribution in [0.2, 0.25) is 0 Å². The fourth-order valence-electron chi connectivity index (χ4n) is 2.30. The van der Waals surface area contributed by atoms with Gasteiger partial charge in [0.2, 0.25) is 5.91 Å². The Morgan fingerprint density at radius 2 is 2.09 bits per heavy atom. The maximum Gasteiger partial charge on any atom is 0.225 e. The lowest BCUT2D eigenvalue weighted by molar-refractivity contribution is -0.116. The third kappa shape index (κ3) is 4.10. The van der Waals surface area contributed by atoms with Crippen LogP contribution in [0.25, 0.3) is 0 Å². The van der Waals surface area contributed by atoms with Crippen molar-refractivity contribution in [3.63, 3.8) is 0 Å². The summed E-state index contributed by atoms with van der Waals surface area (Å²) < 4.78 is 7.25. The number of nitrogens with one attached hydrogen (secondary N) is 1. The van der Waals surface area contributed by atoms with Gasteiger partial charge >= 0.3 is 0 Å². The quantitative estimate of drug-likeness (QED) is 0.832. The number of ether oxygens (including phenoxy) is 1. The maximum atomic E-state index is 12.0. The van der Waals surface area contributed by atoms with Gasteiger partial charge in [0.05, 0.1) is 12.8 Å². The molecule has 2 rings (SSSR count). The lowest BCUT2D eigenvalue weighted by Gasteiger charge is -2.11. The number of carbonyl (C=O) groups is 1. The summed E-state index contributed by atoms with van der Waals surface area (Å²) in [5, 5.41) is 15.6. The number of benzene rings is 1. The molecule has 1 N–H and O–H groups in total. The van der Waals surface area contributed by atoms with Crippen LogP contribution in [0.5, 0.6) is 5.75 Å². The number of nitrogens with zero attached hydrogens (tertiary/aromatic N) is 3. The molecule has 0 saturated heterocycles. The van der Waals surface area contributed by atoms with Crippen molar-refractivity contribution < 1.29 is 9.53 Å². The summed E-state index contributed by atoms with van der Waals surface area (Å²) in [5.74, 6) is 1.15. The smallest absolute Gasteiger partial charge is 0.225 e. The van der Waals surface area contributed by atoms with E-state index in [0.29, 0.717) is 30.8 Å². The fourth-order valence-corrected chi connectivity index (χ4v) is 2.30. The summed E-state index contributed by atoms with van der Waals surface area (Å²) in [5.41, 5.74) is 2.53. The summed E-state index contributed by atoms with van der Waals surface area (Å²) in [6, 6.07) is 7.99. The van der Waals surface area contributed by atoms with Gasteiger partial charge in [0.1, 0.15) is 23.2 Å². The van der Waals surface area contributed by atoms with E-state index in [0.717, 1.165) is 16.9 Å². The average Bonchev–Trinajstić information content (AvgIpc) is 2.86. The van der Waals surface area contributed by atoms with Crippen LogP contribution in [-0.4, -0.2) is 22.3 Å². The second kappa shape index (κ2) is 7.45. The van der Waals surface area contributed by atoms with Crippen molar-refractivity contribution in [2.75, 3.05) is 11.9 Å². The van der Waals surface area contributed by atoms with E-state index in [1.54, 1.807) is 7.05 Å². The van der Waals surface area contributed by atoms with Gasteiger partial charge < -0.3 is 10.1 Å². The minimum Gasteiger partial charge on any atom is -0.493 e. The summed E-state index contributed by atoms with van der Waals surface area (Å²) in [6.07, 6.45) is 2.35. The van der Waals surface area contributed by atoms with Crippen LogP contribution in [0.1, 0.15) is 29.5 Å². The lowest BCUT2D eigenvalue weighted by atomic mass is 10.1. The molecule has 6 heteroatoms. The van der Waals surface area contributed by atoms with Crippen molar-refractivity contribution >= 4 is 11.7 Å². The van der Waals surface area contributed by atoms with Crippen LogP contribution >= 0.6 is 0 Å². The number of para-hydroxylation sites is 1. The average molecular weight is 312 g/mol. The molecule has 0 bridgehead atoms. The normalized spacial score (nSPS) is 10.2. The predicted octanol–water partition coefficient (Wildman–Crippen LogP) is 2.71. The molecule has 6 nitrogen and oxygen atoms in total. The first-order chi connectivity index (χ1) is 11.0. The van der Waals surface area contributed by atoms with Gasteiger partial charge in [0.25, 0.3) is 0 Å². The van der Waals surface area contributed by atoms with Crippen molar-refractivity contribution in [2.45, 2.75) is 26.7 Å². The molecule has 0 saturated carbocycles. The highest BCUT2D eigenvalue weighted by molar-refractivity contribution is 5.91. The maximum absolute atomic E-state index is 12.0. The largest absolute Gasteiger partial charge is 0.493 e. The predicted molar refractivity (Wildman–Crippen MR) is 87.2 cm³/mol. The Morgan fingerprint density at radius 1 is 1.39 bits per heavy atom. The molecule has 0 aliphatic carbocycles. The van der Waals surface area contributed by atoms with Crippen LogP contribution in [0.3, 0.4) is 0 Å². The molecule has 23 heavy (non-hydrogen) atoms. The Bertz CT molecular complexity index is 723. The van der Waals surface area contributed by atoms with Crippen molar-refractivity contribution in [3.8, 4) is 11.8 Å². The number of nitriles is 1. The number of carbonyl (C=O) groups excluding carboxylic acids is 1. The third-order valence-corrected chi connectivity index (χ3v) is 3.52. The van der Waals surface area contributed by atoms with Crippen LogP contribution in [-0.2, 0) is 11.8 Å². The van der Waals surface area contributed by atoms with Gasteiger partial charge in [-0.1, -0.05) is 18.2 Å². The van der Waals surface area contributed by atoms with Gasteiger partial charge in [-0.15, -0.1) is 0 Å². The number of hydrogen-bond donors (Lipinski definition) is 1. The van der Waals surface area contributed by atoms with Gasteiger partial charge in [0.15, 0.2) is 0 Å². The van der Waals surface area contributed by atoms with E-state index in [2.05, 4.69) is 10.4 Å². The third-order valence-electron chi connectivity index (χ3n) is 3.52. The van der Waals surface area contributed by atoms with E-state index >= 15 is 0 Å². The molecule has 120 valence electrons. The molecule has 1 heterocycles. The molecule has 0 aliphatic heterocycles. The van der Waals surface area contributed by atoms with Gasteiger partial charge in [-0.2, -0.15) is 10.4 Å². The molecule has 1 aromatic carbocycles. The molecule has 0 radical (unpaired) electrons. The summed E-state index contributed by atoms with van der Waals surface area (Å²) in [6.45, 7) is 4.47. The van der Waals surface area contributed by atoms with E-state index in [4.69, 9.17) is 10.00 Å². The van der Waals surface area contributed by atoms with Gasteiger partial charge in [-0.25, -0.2) is 0 Å². The Kier molecular flexibility index (Phi) is 5.36. The van der Waals surface area contributed by atoms with E-state index in [1.807, 2.05) is 38.1 Å². The number of rotatable bonds is 6. The molecule has 0 aliphatic rings. The standard InChI is InChI=1S/C17H20N4O2/c1-12-6-4-7-13(2)16(12)23-9-5-8-15(22)20-17-14(10-18)11-19-21(17)3/h4,6-7,11H,5,8-9H2,1-3H3,(H,20,22). The van der Waals surface area contributed by atoms with Crippen LogP contribution in [0.15, 0.2) is 24.4 Å². The van der Waals surface area contributed by atoms with Crippen molar-refractivity contribution in [1.29, 1.82) is 5.26 Å². The number of aromatic nitrogens is 2. The number of aryl methyl sites for hydroxylation is 3. The zero-order valence-electron chi connectivity index (χ0n) is 13.6. The van der Waals surface area contributed by atoms with E-state index in [1.165, 1.54) is 10.9 Å². The van der Waals surface area contributed by atoms with Crippen molar-refractivity contribution in [2.24, 2.45) is 7.05 Å². The van der Waals surface area contributed by atoms with Gasteiger partial charge in [0, 0.05) is 13.5 Å². The number of amides is 1. The topological polar surface area (TPSA) is 79.9 Å². The Hall–Kier alpha value is -2.81. The zero-order chi connectivity index (χ0) is 16.8. The molecule has 0 fully saturated rings. The molecular formula is C17H20N4O2. The SMILES string of the molecule is Cc1cccc(C)c1OCCCC(=O)Nc1c(C#N)cnn1C. The van der Waals surface area contributed by atoms with Crippen LogP contribution in [0, 0.1) is 25.2 Å². The highest BCUT2D eigenvalue weighted by atomic mass is 16.5. The monoisotopic (exact) mass is 312 g/mol. The Balaban J connectivity index is 1.82. The fraction of sp³-hybridized carbons (Fsp3) is 0.353. The molecule has 1 aromatic heterocycles. The molecule has 0 unspecified atom stereocenters. The van der Waals surface area contributed by atoms with Crippen molar-refractivity contribution in [3.05, 3.63) is 41.1 Å². The molecule has 2 aromatic rings. The van der Waals surface area contributed by atoms with Crippen LogP contribution in [0.4, 0.5) is 5.82 Å². The number of hydrogen-bond acceptors (Lipinski definition) is 4. The van der Waals surface area contributed by atoms with E-state index in [9.17, 15) is 4.79 Å². The minimum atomic E-state index is -0.157. The molecular weight excluding hydrogens is 292 g/mol. The first-order valence-electron chi connectivity index (χ1n) is 7.44. The molecule has 1 amide bonds. The first-order valence-corrected chi connectivity index (χ1v) is 7.44.